The third kappa shape index (κ3) is 3.14. The van der Waals surface area contributed by atoms with E-state index < -0.39 is 22.9 Å². The molecule has 9 nitrogen and oxygen atoms in total. The monoisotopic (exact) mass is 310 g/mol. The fraction of sp³-hybridized carbons (Fsp3) is 0.385. The number of carboxylic acid groups (broad SMARTS) is 1. The highest BCUT2D eigenvalue weighted by molar-refractivity contribution is 5.95. The lowest BCUT2D eigenvalue weighted by molar-refractivity contribution is -0.385. The average Bonchev–Trinajstić information content (AvgIpc) is 2.53. The minimum atomic E-state index is -1.15. The number of nitrogens with zero attached hydrogens (tertiary/aromatic N) is 2. The fourth-order valence-electron chi connectivity index (χ4n) is 2.13. The topological polar surface area (TPSA) is 119 Å². The lowest BCUT2D eigenvalue weighted by Gasteiger charge is -2.30. The minimum Gasteiger partial charge on any atom is -0.490 e. The summed E-state index contributed by atoms with van der Waals surface area (Å²) in [5.41, 5.74) is -0.227. The predicted octanol–water partition coefficient (Wildman–Crippen LogP) is 0.529. The number of rotatable bonds is 4. The molecule has 0 saturated carbocycles. The summed E-state index contributed by atoms with van der Waals surface area (Å²) in [4.78, 5) is 34.9. The Labute approximate surface area is 125 Å². The maximum atomic E-state index is 12.4. The maximum absolute atomic E-state index is 12.4. The van der Waals surface area contributed by atoms with Gasteiger partial charge in [-0.2, -0.15) is 0 Å². The molecule has 1 N–H and O–H groups in total. The van der Waals surface area contributed by atoms with Crippen LogP contribution in [0.1, 0.15) is 10.4 Å². The normalized spacial score (nSPS) is 17.9. The summed E-state index contributed by atoms with van der Waals surface area (Å²) in [5.74, 6) is -1.59. The van der Waals surface area contributed by atoms with Gasteiger partial charge in [0.1, 0.15) is 0 Å². The first-order chi connectivity index (χ1) is 10.4. The molecule has 118 valence electrons. The molecule has 0 radical (unpaired) electrons. The zero-order chi connectivity index (χ0) is 16.3. The van der Waals surface area contributed by atoms with Crippen LogP contribution in [-0.2, 0) is 9.53 Å². The van der Waals surface area contributed by atoms with Gasteiger partial charge >= 0.3 is 11.7 Å². The molecule has 22 heavy (non-hydrogen) atoms. The summed E-state index contributed by atoms with van der Waals surface area (Å²) in [6.07, 6.45) is -1.09. The van der Waals surface area contributed by atoms with Crippen LogP contribution in [0.25, 0.3) is 0 Å². The lowest BCUT2D eigenvalue weighted by Crippen LogP contribution is -2.48. The molecule has 1 atom stereocenters. The Bertz CT molecular complexity index is 616. The van der Waals surface area contributed by atoms with Gasteiger partial charge in [-0.3, -0.25) is 14.9 Å². The number of nitro benzene ring substituents is 1. The number of hydrogen-bond acceptors (Lipinski definition) is 6. The largest absolute Gasteiger partial charge is 0.490 e. The van der Waals surface area contributed by atoms with E-state index >= 15 is 0 Å². The highest BCUT2D eigenvalue weighted by atomic mass is 16.6. The van der Waals surface area contributed by atoms with E-state index in [1.165, 1.54) is 24.1 Å². The molecule has 1 amide bonds. The summed E-state index contributed by atoms with van der Waals surface area (Å²) in [7, 11) is 1.29. The molecular weight excluding hydrogens is 296 g/mol. The van der Waals surface area contributed by atoms with Gasteiger partial charge in [0.15, 0.2) is 11.9 Å². The van der Waals surface area contributed by atoms with E-state index in [0.717, 1.165) is 6.07 Å². The van der Waals surface area contributed by atoms with Crippen molar-refractivity contribution in [3.8, 4) is 5.75 Å². The Kier molecular flexibility index (Phi) is 4.56. The number of nitro groups is 1. The molecule has 0 aromatic heterocycles. The standard InChI is InChI=1S/C13H14N2O7/c1-21-10-3-2-8(6-9(10)15(19)20)12(16)14-4-5-22-11(7-14)13(17)18/h2-3,6,11H,4-5,7H2,1H3,(H,17,18). The number of benzene rings is 1. The van der Waals surface area contributed by atoms with E-state index in [2.05, 4.69) is 0 Å². The van der Waals surface area contributed by atoms with E-state index in [1.807, 2.05) is 0 Å². The van der Waals surface area contributed by atoms with Crippen LogP contribution >= 0.6 is 0 Å². The second-order valence-electron chi connectivity index (χ2n) is 4.59. The van der Waals surface area contributed by atoms with Crippen molar-refractivity contribution in [1.82, 2.24) is 4.90 Å². The summed E-state index contributed by atoms with van der Waals surface area (Å²) in [6.45, 7) is 0.220. The molecule has 1 aliphatic rings. The second-order valence-corrected chi connectivity index (χ2v) is 4.59. The molecule has 2 rings (SSSR count). The number of morpholine rings is 1. The Morgan fingerprint density at radius 2 is 2.23 bits per heavy atom. The van der Waals surface area contributed by atoms with Crippen LogP contribution in [0, 0.1) is 10.1 Å². The first kappa shape index (κ1) is 15.7. The van der Waals surface area contributed by atoms with Gasteiger partial charge in [0.05, 0.1) is 25.2 Å². The van der Waals surface area contributed by atoms with E-state index in [9.17, 15) is 19.7 Å². The van der Waals surface area contributed by atoms with Gasteiger partial charge in [0.2, 0.25) is 0 Å². The molecule has 1 aromatic carbocycles. The van der Waals surface area contributed by atoms with Crippen molar-refractivity contribution < 1.29 is 29.1 Å². The van der Waals surface area contributed by atoms with E-state index in [-0.39, 0.29) is 36.7 Å². The van der Waals surface area contributed by atoms with E-state index in [0.29, 0.717) is 0 Å². The van der Waals surface area contributed by atoms with Gasteiger partial charge in [0.25, 0.3) is 5.91 Å². The molecule has 1 heterocycles. The molecule has 0 aliphatic carbocycles. The van der Waals surface area contributed by atoms with Crippen LogP contribution in [0.4, 0.5) is 5.69 Å². The molecule has 1 aromatic rings. The lowest BCUT2D eigenvalue weighted by atomic mass is 10.1. The van der Waals surface area contributed by atoms with Crippen LogP contribution in [0.3, 0.4) is 0 Å². The summed E-state index contributed by atoms with van der Waals surface area (Å²) in [5, 5.41) is 19.9. The number of aliphatic carboxylic acids is 1. The van der Waals surface area contributed by atoms with Crippen LogP contribution in [0.5, 0.6) is 5.75 Å². The predicted molar refractivity (Wildman–Crippen MR) is 72.9 cm³/mol. The molecule has 1 fully saturated rings. The number of methoxy groups -OCH3 is 1. The number of amides is 1. The van der Waals surface area contributed by atoms with Gasteiger partial charge in [-0.25, -0.2) is 4.79 Å². The number of carbonyl (C=O) groups excluding carboxylic acids is 1. The zero-order valence-corrected chi connectivity index (χ0v) is 11.7. The first-order valence-electron chi connectivity index (χ1n) is 6.40. The highest BCUT2D eigenvalue weighted by Gasteiger charge is 2.30. The minimum absolute atomic E-state index is 0.0481. The summed E-state index contributed by atoms with van der Waals surface area (Å²) < 4.78 is 9.90. The molecule has 0 bridgehead atoms. The van der Waals surface area contributed by atoms with E-state index in [4.69, 9.17) is 14.6 Å². The third-order valence-electron chi connectivity index (χ3n) is 3.25. The Hall–Kier alpha value is -2.68. The van der Waals surface area contributed by atoms with Crippen molar-refractivity contribution in [2.75, 3.05) is 26.8 Å². The van der Waals surface area contributed by atoms with Crippen LogP contribution in [0.15, 0.2) is 18.2 Å². The zero-order valence-electron chi connectivity index (χ0n) is 11.7. The maximum Gasteiger partial charge on any atom is 0.334 e. The summed E-state index contributed by atoms with van der Waals surface area (Å²) in [6, 6.07) is 3.85. The number of ether oxygens (including phenoxy) is 2. The molecular formula is C13H14N2O7. The Morgan fingerprint density at radius 3 is 2.82 bits per heavy atom. The molecule has 9 heteroatoms. The molecule has 1 saturated heterocycles. The molecule has 1 aliphatic heterocycles. The van der Waals surface area contributed by atoms with Gasteiger partial charge < -0.3 is 19.5 Å². The van der Waals surface area contributed by atoms with Crippen LogP contribution in [0.2, 0.25) is 0 Å². The fourth-order valence-corrected chi connectivity index (χ4v) is 2.13. The van der Waals surface area contributed by atoms with Gasteiger partial charge in [0, 0.05) is 18.2 Å². The third-order valence-corrected chi connectivity index (χ3v) is 3.25. The number of carboxylic acids is 1. The van der Waals surface area contributed by atoms with Crippen molar-refractivity contribution >= 4 is 17.6 Å². The van der Waals surface area contributed by atoms with Crippen molar-refractivity contribution in [3.05, 3.63) is 33.9 Å². The summed E-state index contributed by atoms with van der Waals surface area (Å²) >= 11 is 0. The van der Waals surface area contributed by atoms with Crippen LogP contribution < -0.4 is 4.74 Å². The Balaban J connectivity index is 2.24. The van der Waals surface area contributed by atoms with Gasteiger partial charge in [-0.15, -0.1) is 0 Å². The smallest absolute Gasteiger partial charge is 0.334 e. The van der Waals surface area contributed by atoms with Gasteiger partial charge in [-0.05, 0) is 12.1 Å². The van der Waals surface area contributed by atoms with Crippen molar-refractivity contribution in [1.29, 1.82) is 0 Å². The second kappa shape index (κ2) is 6.39. The average molecular weight is 310 g/mol. The van der Waals surface area contributed by atoms with Crippen molar-refractivity contribution in [3.63, 3.8) is 0 Å². The van der Waals surface area contributed by atoms with E-state index in [1.54, 1.807) is 0 Å². The Morgan fingerprint density at radius 1 is 1.50 bits per heavy atom. The van der Waals surface area contributed by atoms with Crippen molar-refractivity contribution in [2.24, 2.45) is 0 Å². The first-order valence-corrected chi connectivity index (χ1v) is 6.40. The number of carbonyl (C=O) groups is 2. The van der Waals surface area contributed by atoms with Crippen LogP contribution in [-0.4, -0.2) is 59.7 Å². The van der Waals surface area contributed by atoms with Gasteiger partial charge in [-0.1, -0.05) is 0 Å². The SMILES string of the molecule is COc1ccc(C(=O)N2CCOC(C(=O)O)C2)cc1[N+](=O)[O-]. The molecule has 1 unspecified atom stereocenters. The number of hydrogen-bond donors (Lipinski definition) is 1. The quantitative estimate of drug-likeness (QED) is 0.636. The van der Waals surface area contributed by atoms with Crippen molar-refractivity contribution in [2.45, 2.75) is 6.10 Å². The molecule has 0 spiro atoms. The highest BCUT2D eigenvalue weighted by Crippen LogP contribution is 2.28.